The minimum Gasteiger partial charge on any atom is -0.497 e. The second-order valence-electron chi connectivity index (χ2n) is 7.09. The molecule has 2 heterocycles. The topological polar surface area (TPSA) is 86.1 Å². The molecule has 0 atom stereocenters. The number of anilines is 1. The van der Waals surface area contributed by atoms with Crippen molar-refractivity contribution in [3.63, 3.8) is 0 Å². The van der Waals surface area contributed by atoms with E-state index in [1.807, 2.05) is 12.1 Å². The van der Waals surface area contributed by atoms with Crippen molar-refractivity contribution in [2.24, 2.45) is 0 Å². The van der Waals surface area contributed by atoms with Gasteiger partial charge in [-0.3, -0.25) is 4.79 Å². The number of hydrogen-bond donors (Lipinski definition) is 1. The molecule has 1 aliphatic rings. The number of hydrogen-bond acceptors (Lipinski definition) is 7. The highest BCUT2D eigenvalue weighted by atomic mass is 16.5. The van der Waals surface area contributed by atoms with Gasteiger partial charge >= 0.3 is 0 Å². The van der Waals surface area contributed by atoms with Crippen LogP contribution < -0.4 is 19.7 Å². The molecule has 1 aliphatic heterocycles. The molecular weight excluding hydrogens is 398 g/mol. The van der Waals surface area contributed by atoms with E-state index in [0.717, 1.165) is 37.6 Å². The van der Waals surface area contributed by atoms with Crippen LogP contribution in [-0.2, 0) is 11.3 Å². The van der Waals surface area contributed by atoms with Crippen LogP contribution in [0.2, 0.25) is 0 Å². The predicted molar refractivity (Wildman–Crippen MR) is 116 cm³/mol. The van der Waals surface area contributed by atoms with Crippen molar-refractivity contribution in [1.29, 1.82) is 0 Å². The summed E-state index contributed by atoms with van der Waals surface area (Å²) in [5, 5.41) is 6.79. The molecule has 2 aromatic carbocycles. The van der Waals surface area contributed by atoms with Gasteiger partial charge in [0, 0.05) is 31.4 Å². The third-order valence-electron chi connectivity index (χ3n) is 5.18. The fraction of sp³-hybridized carbons (Fsp3) is 0.304. The molecule has 0 saturated carbocycles. The quantitative estimate of drug-likeness (QED) is 0.625. The summed E-state index contributed by atoms with van der Waals surface area (Å²) in [5.41, 5.74) is 3.02. The Morgan fingerprint density at radius 2 is 1.84 bits per heavy atom. The number of morpholine rings is 1. The monoisotopic (exact) mass is 423 g/mol. The second kappa shape index (κ2) is 9.53. The summed E-state index contributed by atoms with van der Waals surface area (Å²) >= 11 is 0. The molecule has 162 valence electrons. The van der Waals surface area contributed by atoms with E-state index in [1.54, 1.807) is 38.5 Å². The van der Waals surface area contributed by atoms with Gasteiger partial charge in [0.25, 0.3) is 5.91 Å². The largest absolute Gasteiger partial charge is 0.497 e. The van der Waals surface area contributed by atoms with E-state index in [0.29, 0.717) is 29.4 Å². The van der Waals surface area contributed by atoms with Crippen LogP contribution in [-0.4, -0.2) is 51.6 Å². The SMILES string of the molecule is COc1ccc(OC)c(-c2cc(C(=O)NCc3ccc(N4CCOCC4)cc3)no2)c1. The van der Waals surface area contributed by atoms with Gasteiger partial charge in [-0.25, -0.2) is 0 Å². The highest BCUT2D eigenvalue weighted by Crippen LogP contribution is 2.33. The van der Waals surface area contributed by atoms with Gasteiger partial charge in [-0.15, -0.1) is 0 Å². The maximum absolute atomic E-state index is 12.5. The Kier molecular flexibility index (Phi) is 6.37. The molecule has 31 heavy (non-hydrogen) atoms. The first kappa shape index (κ1) is 20.7. The van der Waals surface area contributed by atoms with Crippen molar-refractivity contribution in [3.8, 4) is 22.8 Å². The van der Waals surface area contributed by atoms with E-state index in [4.69, 9.17) is 18.7 Å². The second-order valence-corrected chi connectivity index (χ2v) is 7.09. The minimum absolute atomic E-state index is 0.199. The lowest BCUT2D eigenvalue weighted by molar-refractivity contribution is 0.0942. The predicted octanol–water partition coefficient (Wildman–Crippen LogP) is 3.13. The van der Waals surface area contributed by atoms with Crippen molar-refractivity contribution in [2.75, 3.05) is 45.4 Å². The number of nitrogens with one attached hydrogen (secondary N) is 1. The van der Waals surface area contributed by atoms with Crippen LogP contribution in [0.4, 0.5) is 5.69 Å². The highest BCUT2D eigenvalue weighted by Gasteiger charge is 2.17. The molecule has 1 amide bonds. The summed E-state index contributed by atoms with van der Waals surface area (Å²) in [6.45, 7) is 3.68. The number of benzene rings is 2. The van der Waals surface area contributed by atoms with Crippen LogP contribution in [0.5, 0.6) is 11.5 Å². The van der Waals surface area contributed by atoms with Gasteiger partial charge in [-0.1, -0.05) is 17.3 Å². The molecule has 4 rings (SSSR count). The number of aromatic nitrogens is 1. The van der Waals surface area contributed by atoms with E-state index in [9.17, 15) is 4.79 Å². The van der Waals surface area contributed by atoms with Crippen LogP contribution in [0.15, 0.2) is 53.1 Å². The molecule has 8 heteroatoms. The van der Waals surface area contributed by atoms with Gasteiger partial charge in [0.2, 0.25) is 0 Å². The summed E-state index contributed by atoms with van der Waals surface area (Å²) in [6, 6.07) is 15.1. The number of ether oxygens (including phenoxy) is 3. The number of methoxy groups -OCH3 is 2. The number of carbonyl (C=O) groups excluding carboxylic acids is 1. The van der Waals surface area contributed by atoms with E-state index < -0.39 is 0 Å². The van der Waals surface area contributed by atoms with Crippen molar-refractivity contribution < 1.29 is 23.5 Å². The molecule has 1 saturated heterocycles. The van der Waals surface area contributed by atoms with Crippen molar-refractivity contribution in [1.82, 2.24) is 10.5 Å². The van der Waals surface area contributed by atoms with Crippen molar-refractivity contribution in [3.05, 3.63) is 59.8 Å². The summed E-state index contributed by atoms with van der Waals surface area (Å²) < 4.78 is 21.4. The first-order chi connectivity index (χ1) is 15.2. The Labute approximate surface area is 180 Å². The highest BCUT2D eigenvalue weighted by molar-refractivity contribution is 5.93. The summed E-state index contributed by atoms with van der Waals surface area (Å²) in [5.74, 6) is 1.37. The molecule has 1 fully saturated rings. The zero-order valence-electron chi connectivity index (χ0n) is 17.6. The maximum atomic E-state index is 12.5. The Morgan fingerprint density at radius 3 is 2.55 bits per heavy atom. The number of rotatable bonds is 7. The molecular formula is C23H25N3O5. The summed E-state index contributed by atoms with van der Waals surface area (Å²) in [4.78, 5) is 14.8. The van der Waals surface area contributed by atoms with E-state index in [1.165, 1.54) is 0 Å². The van der Waals surface area contributed by atoms with Crippen molar-refractivity contribution in [2.45, 2.75) is 6.54 Å². The number of carbonyl (C=O) groups is 1. The fourth-order valence-corrected chi connectivity index (χ4v) is 3.43. The first-order valence-corrected chi connectivity index (χ1v) is 10.1. The van der Waals surface area contributed by atoms with Crippen LogP contribution in [0.25, 0.3) is 11.3 Å². The number of amides is 1. The van der Waals surface area contributed by atoms with Crippen LogP contribution in [0.1, 0.15) is 16.1 Å². The molecule has 1 N–H and O–H groups in total. The zero-order valence-corrected chi connectivity index (χ0v) is 17.6. The van der Waals surface area contributed by atoms with E-state index in [2.05, 4.69) is 27.5 Å². The lowest BCUT2D eigenvalue weighted by atomic mass is 10.1. The standard InChI is InChI=1S/C23H25N3O5/c1-28-18-7-8-21(29-2)19(13-18)22-14-20(25-31-22)23(27)24-15-16-3-5-17(6-4-16)26-9-11-30-12-10-26/h3-8,13-14H,9-12,15H2,1-2H3,(H,24,27). The Morgan fingerprint density at radius 1 is 1.06 bits per heavy atom. The van der Waals surface area contributed by atoms with Gasteiger partial charge in [0.1, 0.15) is 11.5 Å². The van der Waals surface area contributed by atoms with Gasteiger partial charge in [-0.05, 0) is 35.9 Å². The molecule has 8 nitrogen and oxygen atoms in total. The normalized spacial score (nSPS) is 13.7. The Balaban J connectivity index is 1.39. The number of nitrogens with zero attached hydrogens (tertiary/aromatic N) is 2. The molecule has 1 aromatic heterocycles. The van der Waals surface area contributed by atoms with E-state index >= 15 is 0 Å². The smallest absolute Gasteiger partial charge is 0.273 e. The summed E-state index contributed by atoms with van der Waals surface area (Å²) in [7, 11) is 3.15. The molecule has 0 spiro atoms. The minimum atomic E-state index is -0.311. The third-order valence-corrected chi connectivity index (χ3v) is 5.18. The van der Waals surface area contributed by atoms with Gasteiger partial charge in [-0.2, -0.15) is 0 Å². The molecule has 0 bridgehead atoms. The molecule has 0 unspecified atom stereocenters. The zero-order chi connectivity index (χ0) is 21.6. The first-order valence-electron chi connectivity index (χ1n) is 10.1. The lowest BCUT2D eigenvalue weighted by Crippen LogP contribution is -2.36. The van der Waals surface area contributed by atoms with Gasteiger partial charge in [0.15, 0.2) is 11.5 Å². The van der Waals surface area contributed by atoms with Gasteiger partial charge < -0.3 is 29.0 Å². The fourth-order valence-electron chi connectivity index (χ4n) is 3.43. The summed E-state index contributed by atoms with van der Waals surface area (Å²) in [6.07, 6.45) is 0. The maximum Gasteiger partial charge on any atom is 0.273 e. The Hall–Kier alpha value is -3.52. The van der Waals surface area contributed by atoms with Crippen molar-refractivity contribution >= 4 is 11.6 Å². The average molecular weight is 423 g/mol. The Bertz CT molecular complexity index is 1030. The van der Waals surface area contributed by atoms with Crippen LogP contribution >= 0.6 is 0 Å². The van der Waals surface area contributed by atoms with Crippen LogP contribution in [0, 0.1) is 0 Å². The average Bonchev–Trinajstić information content (AvgIpc) is 3.33. The van der Waals surface area contributed by atoms with Crippen LogP contribution in [0.3, 0.4) is 0 Å². The molecule has 0 aliphatic carbocycles. The van der Waals surface area contributed by atoms with E-state index in [-0.39, 0.29) is 11.6 Å². The molecule has 0 radical (unpaired) electrons. The lowest BCUT2D eigenvalue weighted by Gasteiger charge is -2.28. The third kappa shape index (κ3) is 4.80. The molecule has 3 aromatic rings. The van der Waals surface area contributed by atoms with Gasteiger partial charge in [0.05, 0.1) is 33.0 Å².